The number of hydrogen-bond donors (Lipinski definition) is 0. The van der Waals surface area contributed by atoms with Crippen LogP contribution in [0.25, 0.3) is 0 Å². The number of pyridine rings is 1. The molecule has 24 heavy (non-hydrogen) atoms. The van der Waals surface area contributed by atoms with Crippen molar-refractivity contribution in [2.75, 3.05) is 38.2 Å². The van der Waals surface area contributed by atoms with E-state index in [0.29, 0.717) is 12.1 Å². The smallest absolute Gasteiger partial charge is 0.253 e. The molecule has 0 N–H and O–H groups in total. The molecule has 1 aromatic carbocycles. The van der Waals surface area contributed by atoms with Crippen molar-refractivity contribution in [1.29, 1.82) is 0 Å². The van der Waals surface area contributed by atoms with Gasteiger partial charge in [-0.3, -0.25) is 4.79 Å². The quantitative estimate of drug-likeness (QED) is 0.870. The van der Waals surface area contributed by atoms with E-state index in [4.69, 9.17) is 4.74 Å². The summed E-state index contributed by atoms with van der Waals surface area (Å²) in [5.74, 6) is 1.84. The highest BCUT2D eigenvalue weighted by molar-refractivity contribution is 5.94. The van der Waals surface area contributed by atoms with Gasteiger partial charge >= 0.3 is 0 Å². The predicted octanol–water partition coefficient (Wildman–Crippen LogP) is 2.75. The van der Waals surface area contributed by atoms with Crippen LogP contribution in [-0.4, -0.2) is 49.1 Å². The molecule has 1 aliphatic heterocycles. The first-order valence-corrected chi connectivity index (χ1v) is 8.29. The fourth-order valence-electron chi connectivity index (χ4n) is 2.97. The van der Waals surface area contributed by atoms with Crippen molar-refractivity contribution in [2.24, 2.45) is 0 Å². The summed E-state index contributed by atoms with van der Waals surface area (Å²) < 4.78 is 5.15. The number of amides is 1. The molecule has 0 unspecified atom stereocenters. The van der Waals surface area contributed by atoms with Gasteiger partial charge in [-0.05, 0) is 49.7 Å². The Morgan fingerprint density at radius 1 is 1.04 bits per heavy atom. The summed E-state index contributed by atoms with van der Waals surface area (Å²) in [5.41, 5.74) is 1.72. The Bertz CT molecular complexity index is 700. The van der Waals surface area contributed by atoms with E-state index in [2.05, 4.69) is 9.88 Å². The summed E-state index contributed by atoms with van der Waals surface area (Å²) in [5, 5.41) is 0. The number of carbonyl (C=O) groups is 1. The van der Waals surface area contributed by atoms with Crippen molar-refractivity contribution in [3.8, 4) is 5.75 Å². The summed E-state index contributed by atoms with van der Waals surface area (Å²) in [7, 11) is 1.62. The van der Waals surface area contributed by atoms with Crippen LogP contribution in [0.3, 0.4) is 0 Å². The summed E-state index contributed by atoms with van der Waals surface area (Å²) in [4.78, 5) is 21.5. The Hall–Kier alpha value is -2.56. The molecule has 1 saturated heterocycles. The summed E-state index contributed by atoms with van der Waals surface area (Å²) in [6.45, 7) is 5.20. The molecule has 5 nitrogen and oxygen atoms in total. The van der Waals surface area contributed by atoms with Gasteiger partial charge in [-0.2, -0.15) is 0 Å². The summed E-state index contributed by atoms with van der Waals surface area (Å²) in [6.07, 6.45) is 0.942. The van der Waals surface area contributed by atoms with Crippen LogP contribution in [-0.2, 0) is 0 Å². The van der Waals surface area contributed by atoms with Crippen LogP contribution in [0.15, 0.2) is 42.5 Å². The molecule has 0 atom stereocenters. The van der Waals surface area contributed by atoms with Crippen molar-refractivity contribution >= 4 is 11.7 Å². The average molecular weight is 325 g/mol. The largest absolute Gasteiger partial charge is 0.497 e. The maximum atomic E-state index is 12.7. The fourth-order valence-corrected chi connectivity index (χ4v) is 2.97. The molecule has 0 radical (unpaired) electrons. The van der Waals surface area contributed by atoms with Crippen LogP contribution < -0.4 is 9.64 Å². The molecular formula is C19H23N3O2. The second-order valence-corrected chi connectivity index (χ2v) is 6.00. The van der Waals surface area contributed by atoms with Crippen molar-refractivity contribution in [1.82, 2.24) is 9.88 Å². The highest BCUT2D eigenvalue weighted by Crippen LogP contribution is 2.17. The SMILES string of the molecule is COc1ccc(C(=O)N2CCCN(c3cccc(C)n3)CC2)cc1. The van der Waals surface area contributed by atoms with E-state index in [1.807, 2.05) is 54.3 Å². The van der Waals surface area contributed by atoms with Gasteiger partial charge in [-0.15, -0.1) is 0 Å². The predicted molar refractivity (Wildman–Crippen MR) is 94.7 cm³/mol. The number of benzene rings is 1. The van der Waals surface area contributed by atoms with Gasteiger partial charge in [0.25, 0.3) is 5.91 Å². The molecule has 126 valence electrons. The van der Waals surface area contributed by atoms with E-state index in [9.17, 15) is 4.79 Å². The lowest BCUT2D eigenvalue weighted by atomic mass is 10.2. The van der Waals surface area contributed by atoms with Crippen LogP contribution in [0, 0.1) is 6.92 Å². The van der Waals surface area contributed by atoms with E-state index in [1.54, 1.807) is 7.11 Å². The van der Waals surface area contributed by atoms with Crippen LogP contribution in [0.5, 0.6) is 5.75 Å². The zero-order valence-corrected chi connectivity index (χ0v) is 14.2. The van der Waals surface area contributed by atoms with Gasteiger partial charge in [-0.1, -0.05) is 6.07 Å². The number of ether oxygens (including phenoxy) is 1. The van der Waals surface area contributed by atoms with Gasteiger partial charge in [0.2, 0.25) is 0 Å². The van der Waals surface area contributed by atoms with Gasteiger partial charge in [-0.25, -0.2) is 4.98 Å². The zero-order chi connectivity index (χ0) is 16.9. The first-order valence-electron chi connectivity index (χ1n) is 8.29. The minimum Gasteiger partial charge on any atom is -0.497 e. The van der Waals surface area contributed by atoms with Gasteiger partial charge in [0.15, 0.2) is 0 Å². The van der Waals surface area contributed by atoms with E-state index >= 15 is 0 Å². The third kappa shape index (κ3) is 3.67. The Morgan fingerprint density at radius 2 is 1.83 bits per heavy atom. The number of carbonyl (C=O) groups excluding carboxylic acids is 1. The lowest BCUT2D eigenvalue weighted by Crippen LogP contribution is -2.35. The fraction of sp³-hybridized carbons (Fsp3) is 0.368. The highest BCUT2D eigenvalue weighted by atomic mass is 16.5. The number of hydrogen-bond acceptors (Lipinski definition) is 4. The molecule has 2 heterocycles. The topological polar surface area (TPSA) is 45.7 Å². The third-order valence-electron chi connectivity index (χ3n) is 4.32. The van der Waals surface area contributed by atoms with Gasteiger partial charge in [0, 0.05) is 37.4 Å². The first-order chi connectivity index (χ1) is 11.7. The third-order valence-corrected chi connectivity index (χ3v) is 4.32. The molecule has 3 rings (SSSR count). The first kappa shape index (κ1) is 16.3. The number of methoxy groups -OCH3 is 1. The Balaban J connectivity index is 1.67. The molecule has 0 spiro atoms. The molecule has 1 amide bonds. The molecule has 0 aliphatic carbocycles. The normalized spacial score (nSPS) is 15.1. The number of aromatic nitrogens is 1. The number of rotatable bonds is 3. The Labute approximate surface area is 142 Å². The van der Waals surface area contributed by atoms with Gasteiger partial charge in [0.05, 0.1) is 7.11 Å². The number of nitrogens with zero attached hydrogens (tertiary/aromatic N) is 3. The van der Waals surface area contributed by atoms with E-state index in [1.165, 1.54) is 0 Å². The highest BCUT2D eigenvalue weighted by Gasteiger charge is 2.21. The molecule has 1 aliphatic rings. The van der Waals surface area contributed by atoms with Gasteiger partial charge in [0.1, 0.15) is 11.6 Å². The van der Waals surface area contributed by atoms with Crippen molar-refractivity contribution in [3.63, 3.8) is 0 Å². The van der Waals surface area contributed by atoms with Crippen LogP contribution >= 0.6 is 0 Å². The average Bonchev–Trinajstić information content (AvgIpc) is 2.87. The van der Waals surface area contributed by atoms with E-state index < -0.39 is 0 Å². The van der Waals surface area contributed by atoms with Crippen molar-refractivity contribution < 1.29 is 9.53 Å². The number of anilines is 1. The van der Waals surface area contributed by atoms with Gasteiger partial charge < -0.3 is 14.5 Å². The maximum absolute atomic E-state index is 12.7. The molecule has 2 aromatic rings. The summed E-state index contributed by atoms with van der Waals surface area (Å²) >= 11 is 0. The Morgan fingerprint density at radius 3 is 2.54 bits per heavy atom. The lowest BCUT2D eigenvalue weighted by molar-refractivity contribution is 0.0767. The molecule has 1 aromatic heterocycles. The second-order valence-electron chi connectivity index (χ2n) is 6.00. The minimum absolute atomic E-state index is 0.0803. The molecular weight excluding hydrogens is 302 g/mol. The minimum atomic E-state index is 0.0803. The van der Waals surface area contributed by atoms with Crippen LogP contribution in [0.2, 0.25) is 0 Å². The van der Waals surface area contributed by atoms with Crippen molar-refractivity contribution in [2.45, 2.75) is 13.3 Å². The lowest BCUT2D eigenvalue weighted by Gasteiger charge is -2.23. The van der Waals surface area contributed by atoms with E-state index in [0.717, 1.165) is 43.3 Å². The van der Waals surface area contributed by atoms with Crippen LogP contribution in [0.4, 0.5) is 5.82 Å². The number of aryl methyl sites for hydroxylation is 1. The second kappa shape index (κ2) is 7.34. The van der Waals surface area contributed by atoms with E-state index in [-0.39, 0.29) is 5.91 Å². The van der Waals surface area contributed by atoms with Crippen LogP contribution in [0.1, 0.15) is 22.5 Å². The van der Waals surface area contributed by atoms with Crippen molar-refractivity contribution in [3.05, 3.63) is 53.7 Å². The Kier molecular flexibility index (Phi) is 4.99. The molecule has 0 bridgehead atoms. The molecule has 0 saturated carbocycles. The maximum Gasteiger partial charge on any atom is 0.253 e. The summed E-state index contributed by atoms with van der Waals surface area (Å²) in [6, 6.07) is 13.4. The zero-order valence-electron chi connectivity index (χ0n) is 14.2. The molecule has 5 heteroatoms. The standard InChI is InChI=1S/C19H23N3O2/c1-15-5-3-6-18(20-15)21-11-4-12-22(14-13-21)19(23)16-7-9-17(24-2)10-8-16/h3,5-10H,4,11-14H2,1-2H3. The monoisotopic (exact) mass is 325 g/mol. The molecule has 1 fully saturated rings.